The lowest BCUT2D eigenvalue weighted by Crippen LogP contribution is -2.46. The number of methoxy groups -OCH3 is 1. The molecule has 6 heteroatoms. The third kappa shape index (κ3) is 4.28. The summed E-state index contributed by atoms with van der Waals surface area (Å²) in [4.78, 5) is 22.6. The minimum atomic E-state index is -1.11. The molecule has 0 rings (SSSR count). The number of nitrogens with zero attached hydrogens (tertiary/aromatic N) is 1. The number of rotatable bonds is 6. The summed E-state index contributed by atoms with van der Waals surface area (Å²) in [7, 11) is 1.16. The molecule has 0 radical (unpaired) electrons. The van der Waals surface area contributed by atoms with E-state index in [0.29, 0.717) is 12.8 Å². The smallest absolute Gasteiger partial charge is 0.330 e. The molecule has 90 valence electrons. The molecule has 0 bridgehead atoms. The molecule has 0 aromatic carbocycles. The molecule has 2 unspecified atom stereocenters. The quantitative estimate of drug-likeness (QED) is 0.601. The SMILES string of the molecule is CCCC(C#N)C(=O)NC(CO)C(=O)OC. The lowest BCUT2D eigenvalue weighted by Gasteiger charge is -2.15. The molecule has 0 saturated carbocycles. The topological polar surface area (TPSA) is 99.4 Å². The van der Waals surface area contributed by atoms with Crippen LogP contribution in [0.15, 0.2) is 0 Å². The molecular formula is C10H16N2O4. The molecule has 0 aliphatic carbocycles. The predicted molar refractivity (Wildman–Crippen MR) is 55.0 cm³/mol. The second-order valence-electron chi connectivity index (χ2n) is 3.24. The van der Waals surface area contributed by atoms with Crippen molar-refractivity contribution < 1.29 is 19.4 Å². The fraction of sp³-hybridized carbons (Fsp3) is 0.700. The Kier molecular flexibility index (Phi) is 6.88. The van der Waals surface area contributed by atoms with Crippen LogP contribution in [0.2, 0.25) is 0 Å². The second-order valence-corrected chi connectivity index (χ2v) is 3.24. The van der Waals surface area contributed by atoms with Crippen LogP contribution in [-0.2, 0) is 14.3 Å². The van der Waals surface area contributed by atoms with Gasteiger partial charge in [0.05, 0.1) is 19.8 Å². The predicted octanol–water partition coefficient (Wildman–Crippen LogP) is -0.424. The van der Waals surface area contributed by atoms with Gasteiger partial charge in [0, 0.05) is 0 Å². The highest BCUT2D eigenvalue weighted by molar-refractivity contribution is 5.87. The van der Waals surface area contributed by atoms with Crippen LogP contribution in [0.5, 0.6) is 0 Å². The molecular weight excluding hydrogens is 212 g/mol. The Balaban J connectivity index is 4.40. The highest BCUT2D eigenvalue weighted by atomic mass is 16.5. The molecule has 0 aromatic heterocycles. The number of nitrogens with one attached hydrogen (secondary N) is 1. The number of hydrogen-bond donors (Lipinski definition) is 2. The van der Waals surface area contributed by atoms with Gasteiger partial charge in [0.25, 0.3) is 0 Å². The zero-order valence-corrected chi connectivity index (χ0v) is 9.40. The average molecular weight is 228 g/mol. The molecule has 0 aliphatic heterocycles. The number of nitriles is 1. The van der Waals surface area contributed by atoms with Gasteiger partial charge in [-0.25, -0.2) is 4.79 Å². The summed E-state index contributed by atoms with van der Waals surface area (Å²) < 4.78 is 4.38. The van der Waals surface area contributed by atoms with E-state index in [1.54, 1.807) is 0 Å². The summed E-state index contributed by atoms with van der Waals surface area (Å²) in [6.07, 6.45) is 1.11. The number of aliphatic hydroxyl groups is 1. The minimum Gasteiger partial charge on any atom is -0.467 e. The molecule has 0 saturated heterocycles. The first-order valence-corrected chi connectivity index (χ1v) is 4.99. The van der Waals surface area contributed by atoms with Crippen LogP contribution >= 0.6 is 0 Å². The zero-order valence-electron chi connectivity index (χ0n) is 9.40. The van der Waals surface area contributed by atoms with Crippen LogP contribution in [0.3, 0.4) is 0 Å². The average Bonchev–Trinajstić information content (AvgIpc) is 2.31. The molecule has 0 spiro atoms. The summed E-state index contributed by atoms with van der Waals surface area (Å²) in [6, 6.07) is 0.737. The zero-order chi connectivity index (χ0) is 12.6. The first kappa shape index (κ1) is 14.4. The van der Waals surface area contributed by atoms with Gasteiger partial charge in [-0.05, 0) is 6.42 Å². The highest BCUT2D eigenvalue weighted by Gasteiger charge is 2.24. The summed E-state index contributed by atoms with van der Waals surface area (Å²) in [6.45, 7) is 1.30. The van der Waals surface area contributed by atoms with Crippen LogP contribution in [0, 0.1) is 17.2 Å². The van der Waals surface area contributed by atoms with Crippen molar-refractivity contribution in [2.24, 2.45) is 5.92 Å². The molecule has 16 heavy (non-hydrogen) atoms. The maximum Gasteiger partial charge on any atom is 0.330 e. The number of hydrogen-bond acceptors (Lipinski definition) is 5. The lowest BCUT2D eigenvalue weighted by molar-refractivity contribution is -0.146. The van der Waals surface area contributed by atoms with E-state index >= 15 is 0 Å². The molecule has 6 nitrogen and oxygen atoms in total. The Morgan fingerprint density at radius 2 is 2.19 bits per heavy atom. The van der Waals surface area contributed by atoms with Gasteiger partial charge < -0.3 is 15.2 Å². The van der Waals surface area contributed by atoms with Gasteiger partial charge in [0.2, 0.25) is 5.91 Å². The van der Waals surface area contributed by atoms with Gasteiger partial charge >= 0.3 is 5.97 Å². The first-order chi connectivity index (χ1) is 7.60. The normalized spacial score (nSPS) is 13.4. The minimum absolute atomic E-state index is 0.418. The van der Waals surface area contributed by atoms with Crippen molar-refractivity contribution in [2.75, 3.05) is 13.7 Å². The summed E-state index contributed by atoms with van der Waals surface area (Å²) in [5.41, 5.74) is 0. The Bertz CT molecular complexity index is 285. The maximum absolute atomic E-state index is 11.5. The van der Waals surface area contributed by atoms with E-state index in [0.717, 1.165) is 7.11 Å². The van der Waals surface area contributed by atoms with Gasteiger partial charge in [-0.2, -0.15) is 5.26 Å². The number of amides is 1. The molecule has 2 atom stereocenters. The van der Waals surface area contributed by atoms with E-state index in [4.69, 9.17) is 10.4 Å². The van der Waals surface area contributed by atoms with Crippen molar-refractivity contribution in [1.29, 1.82) is 5.26 Å². The Hall–Kier alpha value is -1.61. The summed E-state index contributed by atoms with van der Waals surface area (Å²) in [5, 5.41) is 19.8. The Labute approximate surface area is 94.2 Å². The summed E-state index contributed by atoms with van der Waals surface area (Å²) in [5.74, 6) is -2.10. The fourth-order valence-corrected chi connectivity index (χ4v) is 1.14. The highest BCUT2D eigenvalue weighted by Crippen LogP contribution is 2.05. The second kappa shape index (κ2) is 7.65. The standard InChI is InChI=1S/C10H16N2O4/c1-3-4-7(5-11)9(14)12-8(6-13)10(15)16-2/h7-8,13H,3-4,6H2,1-2H3,(H,12,14). The number of aliphatic hydroxyl groups excluding tert-OH is 1. The molecule has 1 amide bonds. The van der Waals surface area contributed by atoms with Gasteiger partial charge in [0.1, 0.15) is 5.92 Å². The third-order valence-corrected chi connectivity index (χ3v) is 2.03. The molecule has 0 fully saturated rings. The van der Waals surface area contributed by atoms with Crippen molar-refractivity contribution in [3.8, 4) is 6.07 Å². The Morgan fingerprint density at radius 3 is 2.56 bits per heavy atom. The molecule has 0 aliphatic rings. The van der Waals surface area contributed by atoms with Gasteiger partial charge in [-0.3, -0.25) is 4.79 Å². The number of ether oxygens (including phenoxy) is 1. The summed E-state index contributed by atoms with van der Waals surface area (Å²) >= 11 is 0. The van der Waals surface area contributed by atoms with E-state index in [-0.39, 0.29) is 0 Å². The Morgan fingerprint density at radius 1 is 1.56 bits per heavy atom. The van der Waals surface area contributed by atoms with E-state index in [1.807, 2.05) is 13.0 Å². The van der Waals surface area contributed by atoms with Crippen molar-refractivity contribution in [1.82, 2.24) is 5.32 Å². The van der Waals surface area contributed by atoms with E-state index in [1.165, 1.54) is 0 Å². The monoisotopic (exact) mass is 228 g/mol. The van der Waals surface area contributed by atoms with Crippen molar-refractivity contribution in [3.63, 3.8) is 0 Å². The van der Waals surface area contributed by atoms with E-state index in [9.17, 15) is 9.59 Å². The molecule has 0 aromatic rings. The van der Waals surface area contributed by atoms with Gasteiger partial charge in [-0.15, -0.1) is 0 Å². The molecule has 2 N–H and O–H groups in total. The maximum atomic E-state index is 11.5. The first-order valence-electron chi connectivity index (χ1n) is 4.99. The van der Waals surface area contributed by atoms with Crippen molar-refractivity contribution >= 4 is 11.9 Å². The number of carbonyl (C=O) groups excluding carboxylic acids is 2. The van der Waals surface area contributed by atoms with Crippen LogP contribution in [0.1, 0.15) is 19.8 Å². The molecule has 0 heterocycles. The van der Waals surface area contributed by atoms with Gasteiger partial charge in [0.15, 0.2) is 6.04 Å². The van der Waals surface area contributed by atoms with Crippen LogP contribution < -0.4 is 5.32 Å². The lowest BCUT2D eigenvalue weighted by atomic mass is 10.0. The van der Waals surface area contributed by atoms with Crippen LogP contribution in [0.25, 0.3) is 0 Å². The van der Waals surface area contributed by atoms with Crippen molar-refractivity contribution in [2.45, 2.75) is 25.8 Å². The number of carbonyl (C=O) groups is 2. The fourth-order valence-electron chi connectivity index (χ4n) is 1.14. The van der Waals surface area contributed by atoms with Crippen molar-refractivity contribution in [3.05, 3.63) is 0 Å². The van der Waals surface area contributed by atoms with E-state index < -0.39 is 30.4 Å². The number of esters is 1. The van der Waals surface area contributed by atoms with Crippen LogP contribution in [-0.4, -0.2) is 36.7 Å². The third-order valence-electron chi connectivity index (χ3n) is 2.03. The van der Waals surface area contributed by atoms with Gasteiger partial charge in [-0.1, -0.05) is 13.3 Å². The largest absolute Gasteiger partial charge is 0.467 e. The van der Waals surface area contributed by atoms with E-state index in [2.05, 4.69) is 10.1 Å². The van der Waals surface area contributed by atoms with Crippen LogP contribution in [0.4, 0.5) is 0 Å².